The van der Waals surface area contributed by atoms with Crippen LogP contribution in [0.2, 0.25) is 0 Å². The van der Waals surface area contributed by atoms with Crippen LogP contribution in [0.25, 0.3) is 0 Å². The highest BCUT2D eigenvalue weighted by molar-refractivity contribution is 5.13. The van der Waals surface area contributed by atoms with E-state index in [4.69, 9.17) is 0 Å². The third-order valence-electron chi connectivity index (χ3n) is 11.0. The minimum Gasteiger partial charge on any atom is -0.396 e. The van der Waals surface area contributed by atoms with Crippen LogP contribution in [0.15, 0.2) is 0 Å². The number of fused-ring (bicyclic) bond motifs is 5. The van der Waals surface area contributed by atoms with E-state index < -0.39 is 0 Å². The molecule has 4 saturated carbocycles. The van der Waals surface area contributed by atoms with Crippen molar-refractivity contribution >= 4 is 0 Å². The van der Waals surface area contributed by atoms with Crippen molar-refractivity contribution in [3.8, 4) is 0 Å². The molecule has 3 N–H and O–H groups in total. The van der Waals surface area contributed by atoms with Crippen molar-refractivity contribution in [2.24, 2.45) is 52.3 Å². The van der Waals surface area contributed by atoms with E-state index in [-0.39, 0.29) is 12.2 Å². The van der Waals surface area contributed by atoms with Crippen molar-refractivity contribution in [1.82, 2.24) is 0 Å². The Balaban J connectivity index is 1.63. The molecule has 0 aromatic carbocycles. The van der Waals surface area contributed by atoms with E-state index in [9.17, 15) is 15.3 Å². The van der Waals surface area contributed by atoms with Gasteiger partial charge in [0.2, 0.25) is 0 Å². The maximum absolute atomic E-state index is 11.7. The van der Waals surface area contributed by atoms with Crippen LogP contribution in [0.3, 0.4) is 0 Å². The van der Waals surface area contributed by atoms with Crippen LogP contribution in [-0.4, -0.2) is 34.1 Å². The summed E-state index contributed by atoms with van der Waals surface area (Å²) >= 11 is 0. The van der Waals surface area contributed by atoms with E-state index >= 15 is 0 Å². The van der Waals surface area contributed by atoms with Crippen LogP contribution in [0, 0.1) is 52.3 Å². The van der Waals surface area contributed by atoms with Gasteiger partial charge in [0.05, 0.1) is 12.2 Å². The van der Waals surface area contributed by atoms with Gasteiger partial charge in [0.15, 0.2) is 0 Å². The van der Waals surface area contributed by atoms with Crippen molar-refractivity contribution in [2.75, 3.05) is 6.61 Å². The van der Waals surface area contributed by atoms with Crippen LogP contribution in [0.4, 0.5) is 0 Å². The molecular formula is C26H46O3. The highest BCUT2D eigenvalue weighted by Gasteiger charge is 2.64. The molecule has 11 atom stereocenters. The van der Waals surface area contributed by atoms with Gasteiger partial charge in [0, 0.05) is 6.61 Å². The van der Waals surface area contributed by atoms with Crippen molar-refractivity contribution in [3.63, 3.8) is 0 Å². The van der Waals surface area contributed by atoms with Crippen molar-refractivity contribution in [3.05, 3.63) is 0 Å². The predicted molar refractivity (Wildman–Crippen MR) is 117 cm³/mol. The molecule has 4 fully saturated rings. The SMILES string of the molecule is CC[C@@H]1C2C[C@H](O)CCC2(C)C2CC[C@@]3(C)C(CC[C@@H]3[C@H](C)CCCO)C2[C@@H]1O. The van der Waals surface area contributed by atoms with Crippen LogP contribution in [0.5, 0.6) is 0 Å². The largest absolute Gasteiger partial charge is 0.396 e. The number of aliphatic hydroxyl groups is 3. The van der Waals surface area contributed by atoms with Gasteiger partial charge in [-0.1, -0.05) is 34.1 Å². The summed E-state index contributed by atoms with van der Waals surface area (Å²) in [4.78, 5) is 0. The molecule has 29 heavy (non-hydrogen) atoms. The van der Waals surface area contributed by atoms with Gasteiger partial charge < -0.3 is 15.3 Å². The molecule has 3 nitrogen and oxygen atoms in total. The number of hydrogen-bond acceptors (Lipinski definition) is 3. The van der Waals surface area contributed by atoms with E-state index in [0.29, 0.717) is 52.9 Å². The van der Waals surface area contributed by atoms with Crippen molar-refractivity contribution in [2.45, 2.75) is 104 Å². The fourth-order valence-electron chi connectivity index (χ4n) is 9.55. The minimum atomic E-state index is -0.190. The summed E-state index contributed by atoms with van der Waals surface area (Å²) in [5.41, 5.74) is 0.651. The second kappa shape index (κ2) is 8.10. The predicted octanol–water partition coefficient (Wildman–Crippen LogP) is 5.02. The zero-order valence-corrected chi connectivity index (χ0v) is 19.3. The Morgan fingerprint density at radius 1 is 0.931 bits per heavy atom. The molecule has 0 saturated heterocycles. The van der Waals surface area contributed by atoms with Gasteiger partial charge in [0.1, 0.15) is 0 Å². The van der Waals surface area contributed by atoms with E-state index in [1.807, 2.05) is 0 Å². The van der Waals surface area contributed by atoms with E-state index in [1.54, 1.807) is 0 Å². The minimum absolute atomic E-state index is 0.164. The first-order valence-corrected chi connectivity index (χ1v) is 12.7. The molecule has 0 spiro atoms. The van der Waals surface area contributed by atoms with Gasteiger partial charge in [-0.05, 0) is 110 Å². The van der Waals surface area contributed by atoms with Gasteiger partial charge >= 0.3 is 0 Å². The molecule has 4 aliphatic rings. The molecule has 0 aliphatic heterocycles. The van der Waals surface area contributed by atoms with E-state index in [0.717, 1.165) is 44.4 Å². The molecule has 4 rings (SSSR count). The Morgan fingerprint density at radius 2 is 1.62 bits per heavy atom. The molecule has 168 valence electrons. The fourth-order valence-corrected chi connectivity index (χ4v) is 9.55. The first kappa shape index (κ1) is 22.1. The van der Waals surface area contributed by atoms with Gasteiger partial charge in [-0.3, -0.25) is 0 Å². The topological polar surface area (TPSA) is 60.7 Å². The molecule has 0 aromatic rings. The van der Waals surface area contributed by atoms with Gasteiger partial charge in [-0.25, -0.2) is 0 Å². The van der Waals surface area contributed by atoms with Crippen molar-refractivity contribution < 1.29 is 15.3 Å². The zero-order valence-electron chi connectivity index (χ0n) is 19.3. The second-order valence-electron chi connectivity index (χ2n) is 12.0. The molecule has 0 radical (unpaired) electrons. The van der Waals surface area contributed by atoms with Crippen LogP contribution in [-0.2, 0) is 0 Å². The lowest BCUT2D eigenvalue weighted by atomic mass is 9.41. The van der Waals surface area contributed by atoms with E-state index in [1.165, 1.54) is 25.7 Å². The summed E-state index contributed by atoms with van der Waals surface area (Å²) in [6.07, 6.45) is 10.9. The smallest absolute Gasteiger partial charge is 0.0605 e. The summed E-state index contributed by atoms with van der Waals surface area (Å²) in [6.45, 7) is 10.0. The van der Waals surface area contributed by atoms with Gasteiger partial charge in [0.25, 0.3) is 0 Å². The monoisotopic (exact) mass is 406 g/mol. The van der Waals surface area contributed by atoms with Crippen LogP contribution < -0.4 is 0 Å². The van der Waals surface area contributed by atoms with Crippen LogP contribution in [0.1, 0.15) is 91.9 Å². The molecular weight excluding hydrogens is 360 g/mol. The highest BCUT2D eigenvalue weighted by Crippen LogP contribution is 2.69. The molecule has 0 bridgehead atoms. The molecule has 4 aliphatic carbocycles. The lowest BCUT2D eigenvalue weighted by Gasteiger charge is -2.64. The third-order valence-corrected chi connectivity index (χ3v) is 11.0. The Kier molecular flexibility index (Phi) is 6.17. The summed E-state index contributed by atoms with van der Waals surface area (Å²) in [7, 11) is 0. The Labute approximate surface area is 178 Å². The van der Waals surface area contributed by atoms with Gasteiger partial charge in [-0.2, -0.15) is 0 Å². The average Bonchev–Trinajstić information content (AvgIpc) is 3.05. The molecule has 0 heterocycles. The zero-order chi connectivity index (χ0) is 21.0. The number of aliphatic hydroxyl groups excluding tert-OH is 3. The molecule has 3 heteroatoms. The summed E-state index contributed by atoms with van der Waals surface area (Å²) < 4.78 is 0. The summed E-state index contributed by atoms with van der Waals surface area (Å²) in [5, 5.41) is 31.4. The third kappa shape index (κ3) is 3.33. The standard InChI is InChI=1S/C26H46O3/c1-5-18-22-15-17(28)10-12-26(22,4)21-11-13-25(3)19(16(2)7-6-14-27)8-9-20(25)23(21)24(18)29/h16-24,27-29H,5-15H2,1-4H3/t16-,17-,18-,19-,20?,21?,22?,23?,24-,25-,26?/m1/s1. The lowest BCUT2D eigenvalue weighted by Crippen LogP contribution is -2.62. The number of rotatable bonds is 5. The lowest BCUT2D eigenvalue weighted by molar-refractivity contribution is -0.203. The Morgan fingerprint density at radius 3 is 2.31 bits per heavy atom. The molecule has 0 aromatic heterocycles. The highest BCUT2D eigenvalue weighted by atomic mass is 16.3. The summed E-state index contributed by atoms with van der Waals surface area (Å²) in [5.74, 6) is 3.97. The fraction of sp³-hybridized carbons (Fsp3) is 1.00. The van der Waals surface area contributed by atoms with E-state index in [2.05, 4.69) is 27.7 Å². The normalized spacial score (nSPS) is 53.1. The average molecular weight is 407 g/mol. The van der Waals surface area contributed by atoms with Gasteiger partial charge in [-0.15, -0.1) is 0 Å². The Bertz CT molecular complexity index is 578. The first-order valence-electron chi connectivity index (χ1n) is 12.7. The quantitative estimate of drug-likeness (QED) is 0.601. The molecule has 0 amide bonds. The second-order valence-corrected chi connectivity index (χ2v) is 12.0. The number of hydrogen-bond donors (Lipinski definition) is 3. The van der Waals surface area contributed by atoms with Crippen molar-refractivity contribution in [1.29, 1.82) is 0 Å². The molecule has 5 unspecified atom stereocenters. The summed E-state index contributed by atoms with van der Waals surface area (Å²) in [6, 6.07) is 0. The maximum atomic E-state index is 11.7. The van der Waals surface area contributed by atoms with Crippen LogP contribution >= 0.6 is 0 Å². The maximum Gasteiger partial charge on any atom is 0.0605 e. The first-order chi connectivity index (χ1) is 13.8. The Hall–Kier alpha value is -0.120.